The molecule has 0 spiro atoms. The summed E-state index contributed by atoms with van der Waals surface area (Å²) in [6.07, 6.45) is 1.66. The Kier molecular flexibility index (Phi) is 26.3. The van der Waals surface area contributed by atoms with Gasteiger partial charge in [-0.25, -0.2) is 17.8 Å². The zero-order valence-corrected chi connectivity index (χ0v) is 38.1. The fourth-order valence-corrected chi connectivity index (χ4v) is 7.33. The second-order valence-electron chi connectivity index (χ2n) is 14.0. The number of carbonyl (C=O) groups is 2. The average molecular weight is 945 g/mol. The molecule has 0 aliphatic carbocycles. The molecular weight excluding hydrogens is 881 g/mol. The minimum atomic E-state index is -4.14. The zero-order valence-electron chi connectivity index (χ0n) is 36.4. The van der Waals surface area contributed by atoms with Crippen molar-refractivity contribution in [3.05, 3.63) is 71.2 Å². The third kappa shape index (κ3) is 19.6. The zero-order chi connectivity index (χ0) is 45.1. The summed E-state index contributed by atoms with van der Waals surface area (Å²) < 4.78 is 91.0. The van der Waals surface area contributed by atoms with Crippen LogP contribution in [0.5, 0.6) is 5.75 Å². The predicted octanol–water partition coefficient (Wildman–Crippen LogP) is 2.61. The molecule has 0 bridgehead atoms. The van der Waals surface area contributed by atoms with Crippen LogP contribution in [0.2, 0.25) is 0 Å². The number of carbonyl (C=O) groups excluding carboxylic acids is 2. The van der Waals surface area contributed by atoms with Gasteiger partial charge in [0.1, 0.15) is 28.9 Å². The molecule has 1 aromatic heterocycles. The lowest BCUT2D eigenvalue weighted by Gasteiger charge is -2.22. The number of hydrogen-bond acceptors (Lipinski definition) is 16. The standard InChI is InChI=1S/C43H62FN5O13S.ClH/c1-33-37(43(51)49-11-14-62-38-5-2-34(30-36(38)32-49)35-3-7-40(46)48-31-35)4-6-39(42(33)44)63(52,53)29-10-47-41(50)8-12-54-15-17-56-19-21-58-23-25-60-27-28-61-26-24-59-22-20-57-18-16-55-13-9-45;/h2-7,30-31H,8-29,32,45H2,1H3,(H2,46,48)(H,47,50);1H. The summed E-state index contributed by atoms with van der Waals surface area (Å²) in [7, 11) is -4.14. The molecule has 0 saturated heterocycles. The maximum absolute atomic E-state index is 15.6. The maximum atomic E-state index is 15.6. The summed E-state index contributed by atoms with van der Waals surface area (Å²) in [5, 5.41) is 2.53. The Bertz CT molecular complexity index is 1940. The Hall–Kier alpha value is -4.06. The number of rotatable bonds is 32. The maximum Gasteiger partial charge on any atom is 0.254 e. The molecule has 3 aromatic rings. The number of ether oxygens (including phenoxy) is 9. The number of nitrogens with one attached hydrogen (secondary N) is 1. The van der Waals surface area contributed by atoms with E-state index in [4.69, 9.17) is 54.1 Å². The Balaban J connectivity index is 0.0000109. The minimum absolute atomic E-state index is 0. The van der Waals surface area contributed by atoms with Crippen molar-refractivity contribution in [3.63, 3.8) is 0 Å². The fraction of sp³-hybridized carbons (Fsp3) is 0.558. The minimum Gasteiger partial charge on any atom is -0.491 e. The van der Waals surface area contributed by atoms with Gasteiger partial charge >= 0.3 is 0 Å². The summed E-state index contributed by atoms with van der Waals surface area (Å²) in [6.45, 7) is 8.93. The Labute approximate surface area is 381 Å². The van der Waals surface area contributed by atoms with Gasteiger partial charge in [-0.15, -0.1) is 12.4 Å². The summed E-state index contributed by atoms with van der Waals surface area (Å²) in [5.41, 5.74) is 13.5. The van der Waals surface area contributed by atoms with Crippen molar-refractivity contribution in [2.75, 3.05) is 143 Å². The van der Waals surface area contributed by atoms with Gasteiger partial charge in [0.25, 0.3) is 5.91 Å². The molecule has 5 N–H and O–H groups in total. The molecule has 0 saturated carbocycles. The van der Waals surface area contributed by atoms with Crippen molar-refractivity contribution < 1.29 is 65.0 Å². The van der Waals surface area contributed by atoms with Gasteiger partial charge in [0.2, 0.25) is 5.91 Å². The summed E-state index contributed by atoms with van der Waals surface area (Å²) in [5.74, 6) is -1.40. The largest absolute Gasteiger partial charge is 0.491 e. The van der Waals surface area contributed by atoms with Gasteiger partial charge in [0, 0.05) is 48.9 Å². The molecule has 1 aliphatic heterocycles. The number of pyridine rings is 1. The number of fused-ring (bicyclic) bond motifs is 1. The number of amides is 2. The van der Waals surface area contributed by atoms with E-state index in [-0.39, 0.29) is 69.4 Å². The van der Waals surface area contributed by atoms with Crippen molar-refractivity contribution in [2.24, 2.45) is 5.73 Å². The van der Waals surface area contributed by atoms with Gasteiger partial charge in [0.15, 0.2) is 9.84 Å². The highest BCUT2D eigenvalue weighted by molar-refractivity contribution is 7.91. The quantitative estimate of drug-likeness (QED) is 0.0764. The number of aromatic nitrogens is 1. The Morgan fingerprint density at radius 1 is 0.766 bits per heavy atom. The van der Waals surface area contributed by atoms with Gasteiger partial charge in [0.05, 0.1) is 118 Å². The Morgan fingerprint density at radius 3 is 1.83 bits per heavy atom. The van der Waals surface area contributed by atoms with E-state index < -0.39 is 38.1 Å². The van der Waals surface area contributed by atoms with Crippen molar-refractivity contribution in [1.29, 1.82) is 0 Å². The smallest absolute Gasteiger partial charge is 0.254 e. The van der Waals surface area contributed by atoms with E-state index in [9.17, 15) is 18.0 Å². The molecule has 1 aliphatic rings. The van der Waals surface area contributed by atoms with Gasteiger partial charge in [-0.1, -0.05) is 6.07 Å². The molecule has 2 aromatic carbocycles. The molecule has 0 atom stereocenters. The van der Waals surface area contributed by atoms with Crippen molar-refractivity contribution in [2.45, 2.75) is 24.8 Å². The van der Waals surface area contributed by atoms with E-state index in [2.05, 4.69) is 10.3 Å². The second-order valence-corrected chi connectivity index (χ2v) is 16.1. The lowest BCUT2D eigenvalue weighted by atomic mass is 10.0. The lowest BCUT2D eigenvalue weighted by Crippen LogP contribution is -2.33. The van der Waals surface area contributed by atoms with Crippen molar-refractivity contribution in [3.8, 4) is 16.9 Å². The van der Waals surface area contributed by atoms with Crippen LogP contribution < -0.4 is 21.5 Å². The van der Waals surface area contributed by atoms with E-state index in [1.54, 1.807) is 12.3 Å². The van der Waals surface area contributed by atoms with Gasteiger partial charge in [-0.3, -0.25) is 9.59 Å². The van der Waals surface area contributed by atoms with Gasteiger partial charge < -0.3 is 64.3 Å². The normalized spacial score (nSPS) is 12.6. The first-order valence-corrected chi connectivity index (χ1v) is 22.6. The summed E-state index contributed by atoms with van der Waals surface area (Å²) in [6, 6.07) is 11.6. The van der Waals surface area contributed by atoms with Crippen LogP contribution in [0.3, 0.4) is 0 Å². The summed E-state index contributed by atoms with van der Waals surface area (Å²) >= 11 is 0. The number of benzene rings is 2. The predicted molar refractivity (Wildman–Crippen MR) is 238 cm³/mol. The first-order chi connectivity index (χ1) is 30.6. The van der Waals surface area contributed by atoms with Crippen LogP contribution in [0.1, 0.15) is 27.9 Å². The molecule has 0 fully saturated rings. The number of nitrogen functional groups attached to an aromatic ring is 1. The monoisotopic (exact) mass is 943 g/mol. The number of nitrogens with zero attached hydrogens (tertiary/aromatic N) is 2. The number of hydrogen-bond donors (Lipinski definition) is 3. The molecule has 2 amide bonds. The molecule has 0 unspecified atom stereocenters. The fourth-order valence-electron chi connectivity index (χ4n) is 6.04. The highest BCUT2D eigenvalue weighted by atomic mass is 35.5. The highest BCUT2D eigenvalue weighted by Gasteiger charge is 2.27. The highest BCUT2D eigenvalue weighted by Crippen LogP contribution is 2.31. The number of sulfone groups is 1. The van der Waals surface area contributed by atoms with Crippen molar-refractivity contribution >= 4 is 39.9 Å². The molecule has 0 radical (unpaired) electrons. The third-order valence-electron chi connectivity index (χ3n) is 9.40. The number of nitrogens with two attached hydrogens (primary N) is 2. The summed E-state index contributed by atoms with van der Waals surface area (Å²) in [4.78, 5) is 31.1. The molecule has 358 valence electrons. The number of halogens is 2. The number of anilines is 1. The van der Waals surface area contributed by atoms with Crippen LogP contribution in [0.25, 0.3) is 11.1 Å². The molecule has 2 heterocycles. The lowest BCUT2D eigenvalue weighted by molar-refractivity contribution is -0.122. The van der Waals surface area contributed by atoms with Crippen LogP contribution in [-0.2, 0) is 59.1 Å². The third-order valence-corrected chi connectivity index (χ3v) is 11.1. The van der Waals surface area contributed by atoms with Crippen molar-refractivity contribution in [1.82, 2.24) is 15.2 Å². The van der Waals surface area contributed by atoms with Gasteiger partial charge in [-0.05, 0) is 54.4 Å². The molecule has 21 heteroatoms. The molecule has 4 rings (SSSR count). The average Bonchev–Trinajstić information content (AvgIpc) is 3.49. The van der Waals surface area contributed by atoms with E-state index >= 15 is 4.39 Å². The second kappa shape index (κ2) is 31.0. The SMILES string of the molecule is Cc1c(C(=O)N2CCOc3ccc(-c4ccc(N)nc4)cc3C2)ccc(S(=O)(=O)CCNC(=O)CCOCCOCCOCCOCCOCCOCCOCCOCCN)c1F.Cl. The first kappa shape index (κ1) is 54.3. The van der Waals surface area contributed by atoms with E-state index in [1.807, 2.05) is 24.3 Å². The topological polar surface area (TPSA) is 232 Å². The molecular formula is C43H63ClFN5O13S. The van der Waals surface area contributed by atoms with E-state index in [1.165, 1.54) is 17.9 Å². The first-order valence-electron chi connectivity index (χ1n) is 21.0. The van der Waals surface area contributed by atoms with E-state index in [0.29, 0.717) is 111 Å². The van der Waals surface area contributed by atoms with Crippen LogP contribution in [0.15, 0.2) is 53.6 Å². The van der Waals surface area contributed by atoms with Gasteiger partial charge in [-0.2, -0.15) is 0 Å². The van der Waals surface area contributed by atoms with E-state index in [0.717, 1.165) is 22.8 Å². The van der Waals surface area contributed by atoms with Crippen LogP contribution in [-0.4, -0.2) is 168 Å². The van der Waals surface area contributed by atoms with Crippen LogP contribution >= 0.6 is 12.4 Å². The Morgan fingerprint density at radius 2 is 1.30 bits per heavy atom. The van der Waals surface area contributed by atoms with Crippen LogP contribution in [0.4, 0.5) is 10.2 Å². The van der Waals surface area contributed by atoms with Crippen LogP contribution in [0, 0.1) is 12.7 Å². The molecule has 64 heavy (non-hydrogen) atoms. The molecule has 18 nitrogen and oxygen atoms in total.